The molecule has 0 N–H and O–H groups in total. The first-order chi connectivity index (χ1) is 11.6. The van der Waals surface area contributed by atoms with Gasteiger partial charge in [0.25, 0.3) is 5.91 Å². The van der Waals surface area contributed by atoms with Gasteiger partial charge in [-0.3, -0.25) is 4.79 Å². The van der Waals surface area contributed by atoms with E-state index < -0.39 is 6.10 Å². The number of rotatable bonds is 9. The Morgan fingerprint density at radius 2 is 2.04 bits per heavy atom. The van der Waals surface area contributed by atoms with Gasteiger partial charge < -0.3 is 18.9 Å². The molecule has 1 atom stereocenters. The predicted octanol–water partition coefficient (Wildman–Crippen LogP) is 2.46. The Balaban J connectivity index is 2.01. The van der Waals surface area contributed by atoms with Crippen LogP contribution in [0.5, 0.6) is 0 Å². The highest BCUT2D eigenvalue weighted by molar-refractivity contribution is 5.80. The summed E-state index contributed by atoms with van der Waals surface area (Å²) in [4.78, 5) is 18.8. The van der Waals surface area contributed by atoms with E-state index in [0.717, 1.165) is 23.4 Å². The Labute approximate surface area is 143 Å². The predicted molar refractivity (Wildman–Crippen MR) is 93.8 cm³/mol. The first-order valence-electron chi connectivity index (χ1n) is 8.46. The van der Waals surface area contributed by atoms with E-state index >= 15 is 0 Å². The fourth-order valence-corrected chi connectivity index (χ4v) is 2.70. The number of hydrogen-bond acceptors (Lipinski definition) is 4. The molecule has 6 heteroatoms. The van der Waals surface area contributed by atoms with Crippen molar-refractivity contribution in [2.75, 3.05) is 26.9 Å². The minimum atomic E-state index is -0.491. The summed E-state index contributed by atoms with van der Waals surface area (Å²) < 4.78 is 12.9. The van der Waals surface area contributed by atoms with Crippen LogP contribution in [0.2, 0.25) is 0 Å². The molecule has 132 valence electrons. The number of carbonyl (C=O) groups is 1. The monoisotopic (exact) mass is 333 g/mol. The van der Waals surface area contributed by atoms with Gasteiger partial charge in [0.15, 0.2) is 0 Å². The highest BCUT2D eigenvalue weighted by atomic mass is 16.5. The zero-order valence-corrected chi connectivity index (χ0v) is 15.0. The third-order valence-electron chi connectivity index (χ3n) is 3.95. The number of imidazole rings is 1. The van der Waals surface area contributed by atoms with Gasteiger partial charge in [-0.25, -0.2) is 4.98 Å². The highest BCUT2D eigenvalue weighted by Crippen LogP contribution is 2.17. The van der Waals surface area contributed by atoms with E-state index in [1.807, 2.05) is 25.1 Å². The second kappa shape index (κ2) is 8.80. The Hall–Kier alpha value is -1.92. The first-order valence-corrected chi connectivity index (χ1v) is 8.46. The summed E-state index contributed by atoms with van der Waals surface area (Å²) in [7, 11) is 1.78. The first kappa shape index (κ1) is 18.4. The highest BCUT2D eigenvalue weighted by Gasteiger charge is 2.20. The Morgan fingerprint density at radius 1 is 1.29 bits per heavy atom. The van der Waals surface area contributed by atoms with Crippen molar-refractivity contribution in [2.24, 2.45) is 0 Å². The molecule has 0 fully saturated rings. The van der Waals surface area contributed by atoms with Gasteiger partial charge >= 0.3 is 0 Å². The fraction of sp³-hybridized carbons (Fsp3) is 0.556. The molecule has 24 heavy (non-hydrogen) atoms. The third-order valence-corrected chi connectivity index (χ3v) is 3.95. The maximum absolute atomic E-state index is 12.4. The molecule has 1 aromatic carbocycles. The van der Waals surface area contributed by atoms with E-state index in [9.17, 15) is 4.79 Å². The summed E-state index contributed by atoms with van der Waals surface area (Å²) in [5, 5.41) is 0. The Bertz CT molecular complexity index is 669. The standard InChI is InChI=1S/C18H27N3O3/c1-5-21-16-10-8-7-9-15(16)19-17(21)13-20(4)18(22)14(3)24-12-11-23-6-2/h7-10,14H,5-6,11-13H2,1-4H3/t14-/m1/s1. The van der Waals surface area contributed by atoms with E-state index in [1.165, 1.54) is 0 Å². The van der Waals surface area contributed by atoms with E-state index in [-0.39, 0.29) is 5.91 Å². The van der Waals surface area contributed by atoms with E-state index in [4.69, 9.17) is 9.47 Å². The van der Waals surface area contributed by atoms with Crippen molar-refractivity contribution < 1.29 is 14.3 Å². The van der Waals surface area contributed by atoms with Gasteiger partial charge in [-0.05, 0) is 32.9 Å². The average Bonchev–Trinajstić information content (AvgIpc) is 2.94. The minimum absolute atomic E-state index is 0.0544. The van der Waals surface area contributed by atoms with Crippen LogP contribution in [0.3, 0.4) is 0 Å². The summed E-state index contributed by atoms with van der Waals surface area (Å²) >= 11 is 0. The number of benzene rings is 1. The molecule has 1 heterocycles. The van der Waals surface area contributed by atoms with Gasteiger partial charge in [0, 0.05) is 20.2 Å². The normalized spacial score (nSPS) is 12.5. The number of para-hydroxylation sites is 2. The lowest BCUT2D eigenvalue weighted by Gasteiger charge is -2.21. The molecular weight excluding hydrogens is 306 g/mol. The molecule has 0 aliphatic rings. The number of amides is 1. The number of hydrogen-bond donors (Lipinski definition) is 0. The van der Waals surface area contributed by atoms with Crippen LogP contribution < -0.4 is 0 Å². The number of likely N-dealkylation sites (N-methyl/N-ethyl adjacent to an activating group) is 1. The largest absolute Gasteiger partial charge is 0.379 e. The Morgan fingerprint density at radius 3 is 2.75 bits per heavy atom. The van der Waals surface area contributed by atoms with Crippen molar-refractivity contribution in [3.8, 4) is 0 Å². The molecule has 1 amide bonds. The molecule has 0 bridgehead atoms. The SMILES string of the molecule is CCOCCO[C@H](C)C(=O)N(C)Cc1nc2ccccc2n1CC. The second-order valence-corrected chi connectivity index (χ2v) is 5.67. The van der Waals surface area contributed by atoms with Crippen molar-refractivity contribution in [2.45, 2.75) is 40.0 Å². The summed E-state index contributed by atoms with van der Waals surface area (Å²) in [6, 6.07) is 8.02. The lowest BCUT2D eigenvalue weighted by atomic mass is 10.3. The maximum atomic E-state index is 12.4. The van der Waals surface area contributed by atoms with E-state index in [2.05, 4.69) is 22.5 Å². The summed E-state index contributed by atoms with van der Waals surface area (Å²) in [5.41, 5.74) is 2.05. The molecule has 0 aliphatic carbocycles. The van der Waals surface area contributed by atoms with Gasteiger partial charge in [-0.2, -0.15) is 0 Å². The van der Waals surface area contributed by atoms with Crippen LogP contribution in [0, 0.1) is 0 Å². The van der Waals surface area contributed by atoms with E-state index in [0.29, 0.717) is 26.4 Å². The molecule has 0 saturated heterocycles. The average molecular weight is 333 g/mol. The molecule has 0 saturated carbocycles. The fourth-order valence-electron chi connectivity index (χ4n) is 2.70. The number of fused-ring (bicyclic) bond motifs is 1. The van der Waals surface area contributed by atoms with Gasteiger partial charge in [0.1, 0.15) is 11.9 Å². The molecule has 0 spiro atoms. The van der Waals surface area contributed by atoms with Crippen molar-refractivity contribution in [1.29, 1.82) is 0 Å². The molecule has 2 rings (SSSR count). The van der Waals surface area contributed by atoms with Gasteiger partial charge in [0.05, 0.1) is 30.8 Å². The molecule has 2 aromatic rings. The van der Waals surface area contributed by atoms with Crippen LogP contribution >= 0.6 is 0 Å². The maximum Gasteiger partial charge on any atom is 0.251 e. The summed E-state index contributed by atoms with van der Waals surface area (Å²) in [6.45, 7) is 8.64. The number of nitrogens with zero attached hydrogens (tertiary/aromatic N) is 3. The number of aryl methyl sites for hydroxylation is 1. The van der Waals surface area contributed by atoms with Crippen LogP contribution in [0.1, 0.15) is 26.6 Å². The molecule has 1 aromatic heterocycles. The van der Waals surface area contributed by atoms with Crippen molar-refractivity contribution >= 4 is 16.9 Å². The molecule has 0 unspecified atom stereocenters. The van der Waals surface area contributed by atoms with Crippen LogP contribution in [0.4, 0.5) is 0 Å². The summed E-state index contributed by atoms with van der Waals surface area (Å²) in [5.74, 6) is 0.831. The van der Waals surface area contributed by atoms with Crippen LogP contribution in [-0.4, -0.2) is 53.3 Å². The lowest BCUT2D eigenvalue weighted by molar-refractivity contribution is -0.142. The van der Waals surface area contributed by atoms with Crippen LogP contribution in [-0.2, 0) is 27.4 Å². The number of carbonyl (C=O) groups excluding carboxylic acids is 1. The molecule has 0 radical (unpaired) electrons. The lowest BCUT2D eigenvalue weighted by Crippen LogP contribution is -2.37. The van der Waals surface area contributed by atoms with Crippen molar-refractivity contribution in [3.05, 3.63) is 30.1 Å². The zero-order chi connectivity index (χ0) is 17.5. The zero-order valence-electron chi connectivity index (χ0n) is 15.0. The van der Waals surface area contributed by atoms with Crippen LogP contribution in [0.15, 0.2) is 24.3 Å². The van der Waals surface area contributed by atoms with Crippen LogP contribution in [0.25, 0.3) is 11.0 Å². The molecule has 6 nitrogen and oxygen atoms in total. The summed E-state index contributed by atoms with van der Waals surface area (Å²) in [6.07, 6.45) is -0.491. The topological polar surface area (TPSA) is 56.6 Å². The molecule has 0 aliphatic heterocycles. The third kappa shape index (κ3) is 4.33. The van der Waals surface area contributed by atoms with Gasteiger partial charge in [-0.15, -0.1) is 0 Å². The smallest absolute Gasteiger partial charge is 0.251 e. The second-order valence-electron chi connectivity index (χ2n) is 5.67. The quantitative estimate of drug-likeness (QED) is 0.662. The number of ether oxygens (including phenoxy) is 2. The molecular formula is C18H27N3O3. The number of aromatic nitrogens is 2. The van der Waals surface area contributed by atoms with Crippen molar-refractivity contribution in [3.63, 3.8) is 0 Å². The Kier molecular flexibility index (Phi) is 6.75. The van der Waals surface area contributed by atoms with Gasteiger partial charge in [0.2, 0.25) is 0 Å². The minimum Gasteiger partial charge on any atom is -0.379 e. The van der Waals surface area contributed by atoms with Crippen molar-refractivity contribution in [1.82, 2.24) is 14.5 Å². The van der Waals surface area contributed by atoms with E-state index in [1.54, 1.807) is 18.9 Å². The van der Waals surface area contributed by atoms with Gasteiger partial charge in [-0.1, -0.05) is 12.1 Å².